The van der Waals surface area contributed by atoms with Gasteiger partial charge in [-0.3, -0.25) is 4.79 Å². The van der Waals surface area contributed by atoms with Gasteiger partial charge in [0.1, 0.15) is 5.54 Å². The minimum atomic E-state index is -1.19. The van der Waals surface area contributed by atoms with E-state index in [1.807, 2.05) is 20.8 Å². The molecule has 0 rings (SSSR count). The summed E-state index contributed by atoms with van der Waals surface area (Å²) in [6.45, 7) is 7.61. The van der Waals surface area contributed by atoms with Crippen molar-refractivity contribution in [3.8, 4) is 0 Å². The predicted molar refractivity (Wildman–Crippen MR) is 50.6 cm³/mol. The third-order valence-electron chi connectivity index (χ3n) is 1.65. The highest BCUT2D eigenvalue weighted by Gasteiger charge is 2.27. The number of hydrogen-bond donors (Lipinski definition) is 2. The highest BCUT2D eigenvalue weighted by molar-refractivity contribution is 5.77. The van der Waals surface area contributed by atoms with E-state index in [-0.39, 0.29) is 5.60 Å². The van der Waals surface area contributed by atoms with E-state index in [4.69, 9.17) is 15.6 Å². The van der Waals surface area contributed by atoms with Crippen molar-refractivity contribution in [1.29, 1.82) is 0 Å². The lowest BCUT2D eigenvalue weighted by molar-refractivity contribution is -0.144. The molecular weight excluding hydrogens is 170 g/mol. The summed E-state index contributed by atoms with van der Waals surface area (Å²) in [4.78, 5) is 10.6. The molecule has 0 aromatic heterocycles. The highest BCUT2D eigenvalue weighted by atomic mass is 16.5. The zero-order valence-electron chi connectivity index (χ0n) is 8.76. The molecule has 0 aliphatic carbocycles. The maximum Gasteiger partial charge on any atom is 0.323 e. The van der Waals surface area contributed by atoms with E-state index in [0.29, 0.717) is 13.0 Å². The Morgan fingerprint density at radius 3 is 2.15 bits per heavy atom. The molecule has 0 heterocycles. The number of rotatable bonds is 4. The average Bonchev–Trinajstić information content (AvgIpc) is 1.82. The second-order valence-electron chi connectivity index (χ2n) is 4.43. The number of carbonyl (C=O) groups is 1. The minimum absolute atomic E-state index is 0.241. The normalized spacial score (nSPS) is 16.7. The number of nitrogens with two attached hydrogens (primary N) is 1. The third kappa shape index (κ3) is 5.60. The first kappa shape index (κ1) is 12.4. The van der Waals surface area contributed by atoms with E-state index in [2.05, 4.69) is 0 Å². The molecule has 0 fully saturated rings. The van der Waals surface area contributed by atoms with Crippen molar-refractivity contribution in [3.63, 3.8) is 0 Å². The van der Waals surface area contributed by atoms with Crippen molar-refractivity contribution in [2.24, 2.45) is 5.73 Å². The Labute approximate surface area is 79.1 Å². The summed E-state index contributed by atoms with van der Waals surface area (Å²) in [5.74, 6) is -0.995. The van der Waals surface area contributed by atoms with Crippen LogP contribution in [0.15, 0.2) is 0 Å². The lowest BCUT2D eigenvalue weighted by Crippen LogP contribution is -2.46. The second kappa shape index (κ2) is 4.07. The molecule has 1 atom stereocenters. The zero-order chi connectivity index (χ0) is 10.7. The molecule has 0 amide bonds. The molecule has 0 spiro atoms. The van der Waals surface area contributed by atoms with Crippen LogP contribution in [0.1, 0.15) is 34.1 Å². The summed E-state index contributed by atoms with van der Waals surface area (Å²) in [7, 11) is 0. The van der Waals surface area contributed by atoms with Crippen molar-refractivity contribution in [3.05, 3.63) is 0 Å². The van der Waals surface area contributed by atoms with Crippen LogP contribution < -0.4 is 5.73 Å². The fourth-order valence-corrected chi connectivity index (χ4v) is 0.676. The average molecular weight is 189 g/mol. The van der Waals surface area contributed by atoms with Gasteiger partial charge < -0.3 is 15.6 Å². The Bertz CT molecular complexity index is 182. The van der Waals surface area contributed by atoms with Crippen LogP contribution in [0.4, 0.5) is 0 Å². The lowest BCUT2D eigenvalue weighted by Gasteiger charge is -2.23. The van der Waals surface area contributed by atoms with E-state index in [0.717, 1.165) is 0 Å². The molecule has 13 heavy (non-hydrogen) atoms. The Balaban J connectivity index is 3.84. The fourth-order valence-electron chi connectivity index (χ4n) is 0.676. The molecule has 0 aliphatic rings. The fraction of sp³-hybridized carbons (Fsp3) is 0.889. The summed E-state index contributed by atoms with van der Waals surface area (Å²) in [5.41, 5.74) is 4.08. The van der Waals surface area contributed by atoms with E-state index >= 15 is 0 Å². The molecule has 0 bridgehead atoms. The van der Waals surface area contributed by atoms with Gasteiger partial charge in [0.15, 0.2) is 0 Å². The topological polar surface area (TPSA) is 72.5 Å². The molecule has 4 heteroatoms. The molecule has 1 unspecified atom stereocenters. The van der Waals surface area contributed by atoms with Gasteiger partial charge >= 0.3 is 5.97 Å². The van der Waals surface area contributed by atoms with Gasteiger partial charge in [-0.05, 0) is 34.1 Å². The van der Waals surface area contributed by atoms with Gasteiger partial charge in [-0.2, -0.15) is 0 Å². The van der Waals surface area contributed by atoms with Gasteiger partial charge in [0.2, 0.25) is 0 Å². The second-order valence-corrected chi connectivity index (χ2v) is 4.43. The molecule has 0 aliphatic heterocycles. The van der Waals surface area contributed by atoms with Crippen LogP contribution in [0, 0.1) is 0 Å². The van der Waals surface area contributed by atoms with Crippen molar-refractivity contribution in [1.82, 2.24) is 0 Å². The largest absolute Gasteiger partial charge is 0.480 e. The molecule has 78 valence electrons. The van der Waals surface area contributed by atoms with Crippen molar-refractivity contribution >= 4 is 5.97 Å². The van der Waals surface area contributed by atoms with Crippen LogP contribution in [-0.4, -0.2) is 28.8 Å². The van der Waals surface area contributed by atoms with Crippen LogP contribution in [0.5, 0.6) is 0 Å². The maximum absolute atomic E-state index is 10.6. The Morgan fingerprint density at radius 1 is 1.38 bits per heavy atom. The van der Waals surface area contributed by atoms with Gasteiger partial charge in [0, 0.05) is 6.61 Å². The van der Waals surface area contributed by atoms with Gasteiger partial charge in [-0.1, -0.05) is 0 Å². The number of ether oxygens (including phenoxy) is 1. The van der Waals surface area contributed by atoms with E-state index in [9.17, 15) is 4.79 Å². The summed E-state index contributed by atoms with van der Waals surface area (Å²) in [6, 6.07) is 0. The van der Waals surface area contributed by atoms with E-state index in [1.54, 1.807) is 0 Å². The number of hydrogen-bond acceptors (Lipinski definition) is 3. The van der Waals surface area contributed by atoms with Crippen molar-refractivity contribution in [2.45, 2.75) is 45.3 Å². The molecule has 0 aromatic rings. The SMILES string of the molecule is CC(C)(C)OCCC(C)(N)C(=O)O. The summed E-state index contributed by atoms with van der Waals surface area (Å²) in [5, 5.41) is 8.69. The molecule has 0 saturated heterocycles. The highest BCUT2D eigenvalue weighted by Crippen LogP contribution is 2.11. The quantitative estimate of drug-likeness (QED) is 0.691. The number of carboxylic acids is 1. The van der Waals surface area contributed by atoms with Gasteiger partial charge in [0.05, 0.1) is 5.60 Å². The molecule has 3 N–H and O–H groups in total. The predicted octanol–water partition coefficient (Wildman–Crippen LogP) is 0.994. The summed E-state index contributed by atoms with van der Waals surface area (Å²) < 4.78 is 5.37. The van der Waals surface area contributed by atoms with Crippen molar-refractivity contribution in [2.75, 3.05) is 6.61 Å². The van der Waals surface area contributed by atoms with Gasteiger partial charge in [-0.15, -0.1) is 0 Å². The van der Waals surface area contributed by atoms with Crippen molar-refractivity contribution < 1.29 is 14.6 Å². The molecule has 0 saturated carbocycles. The molecule has 4 nitrogen and oxygen atoms in total. The summed E-state index contributed by atoms with van der Waals surface area (Å²) in [6.07, 6.45) is 0.319. The Hall–Kier alpha value is -0.610. The number of aliphatic carboxylic acids is 1. The van der Waals surface area contributed by atoms with Crippen LogP contribution in [0.25, 0.3) is 0 Å². The van der Waals surface area contributed by atoms with E-state index in [1.165, 1.54) is 6.92 Å². The first-order chi connectivity index (χ1) is 5.65. The van der Waals surface area contributed by atoms with Crippen LogP contribution >= 0.6 is 0 Å². The van der Waals surface area contributed by atoms with Gasteiger partial charge in [-0.25, -0.2) is 0 Å². The van der Waals surface area contributed by atoms with Crippen LogP contribution in [0.2, 0.25) is 0 Å². The molecular formula is C9H19NO3. The minimum Gasteiger partial charge on any atom is -0.480 e. The monoisotopic (exact) mass is 189 g/mol. The molecule has 0 radical (unpaired) electrons. The van der Waals surface area contributed by atoms with E-state index < -0.39 is 11.5 Å². The Kier molecular flexibility index (Phi) is 3.88. The number of carboxylic acid groups (broad SMARTS) is 1. The van der Waals surface area contributed by atoms with Crippen LogP contribution in [-0.2, 0) is 9.53 Å². The first-order valence-electron chi connectivity index (χ1n) is 4.31. The lowest BCUT2D eigenvalue weighted by atomic mass is 10.0. The Morgan fingerprint density at radius 2 is 1.85 bits per heavy atom. The standard InChI is InChI=1S/C9H19NO3/c1-8(2,3)13-6-5-9(4,10)7(11)12/h5-6,10H2,1-4H3,(H,11,12). The smallest absolute Gasteiger partial charge is 0.323 e. The zero-order valence-corrected chi connectivity index (χ0v) is 8.76. The van der Waals surface area contributed by atoms with Crippen LogP contribution in [0.3, 0.4) is 0 Å². The maximum atomic E-state index is 10.6. The molecule has 0 aromatic carbocycles. The first-order valence-corrected chi connectivity index (χ1v) is 4.31. The van der Waals surface area contributed by atoms with Gasteiger partial charge in [0.25, 0.3) is 0 Å². The third-order valence-corrected chi connectivity index (χ3v) is 1.65. The summed E-state index contributed by atoms with van der Waals surface area (Å²) >= 11 is 0.